The van der Waals surface area contributed by atoms with Crippen LogP contribution in [0.3, 0.4) is 0 Å². The van der Waals surface area contributed by atoms with Gasteiger partial charge in [0.05, 0.1) is 6.54 Å². The van der Waals surface area contributed by atoms with Crippen LogP contribution in [0.1, 0.15) is 32.6 Å². The van der Waals surface area contributed by atoms with Crippen molar-refractivity contribution in [2.24, 2.45) is 16.8 Å². The SMILES string of the molecule is CCNC(=NCC1CCN(CC(F)(F)F)C1)N1CCC(CC(=O)NC)CC1. The Kier molecular flexibility index (Phi) is 8.19. The summed E-state index contributed by atoms with van der Waals surface area (Å²) in [7, 11) is 1.66. The Bertz CT molecular complexity index is 504. The Morgan fingerprint density at radius 3 is 2.41 bits per heavy atom. The molecule has 0 aromatic carbocycles. The number of carbonyl (C=O) groups excluding carboxylic acids is 1. The van der Waals surface area contributed by atoms with Gasteiger partial charge in [0, 0.05) is 46.2 Å². The van der Waals surface area contributed by atoms with Crippen LogP contribution in [0.15, 0.2) is 4.99 Å². The minimum atomic E-state index is -4.13. The van der Waals surface area contributed by atoms with Crippen molar-refractivity contribution in [1.82, 2.24) is 20.4 Å². The second kappa shape index (κ2) is 10.1. The normalized spacial score (nSPS) is 22.9. The largest absolute Gasteiger partial charge is 0.401 e. The highest BCUT2D eigenvalue weighted by molar-refractivity contribution is 5.80. The van der Waals surface area contributed by atoms with Gasteiger partial charge in [-0.05, 0) is 44.6 Å². The topological polar surface area (TPSA) is 60.0 Å². The third-order valence-corrected chi connectivity index (χ3v) is 5.27. The molecule has 9 heteroatoms. The Labute approximate surface area is 159 Å². The third kappa shape index (κ3) is 7.56. The van der Waals surface area contributed by atoms with Crippen LogP contribution in [0, 0.1) is 11.8 Å². The number of likely N-dealkylation sites (tertiary alicyclic amines) is 2. The first-order valence-corrected chi connectivity index (χ1v) is 9.83. The summed E-state index contributed by atoms with van der Waals surface area (Å²) in [4.78, 5) is 19.9. The first-order chi connectivity index (χ1) is 12.8. The Hall–Kier alpha value is -1.51. The van der Waals surface area contributed by atoms with Gasteiger partial charge in [-0.2, -0.15) is 13.2 Å². The second-order valence-electron chi connectivity index (χ2n) is 7.51. The van der Waals surface area contributed by atoms with Crippen LogP contribution in [-0.4, -0.2) is 80.7 Å². The van der Waals surface area contributed by atoms with Gasteiger partial charge < -0.3 is 15.5 Å². The molecule has 156 valence electrons. The molecular formula is C18H32F3N5O. The van der Waals surface area contributed by atoms with Crippen molar-refractivity contribution in [2.75, 3.05) is 52.9 Å². The molecule has 0 aromatic heterocycles. The van der Waals surface area contributed by atoms with Gasteiger partial charge in [-0.15, -0.1) is 0 Å². The molecule has 2 aliphatic heterocycles. The number of nitrogens with zero attached hydrogens (tertiary/aromatic N) is 3. The van der Waals surface area contributed by atoms with E-state index >= 15 is 0 Å². The van der Waals surface area contributed by atoms with Gasteiger partial charge in [-0.1, -0.05) is 0 Å². The van der Waals surface area contributed by atoms with Crippen molar-refractivity contribution in [3.63, 3.8) is 0 Å². The quantitative estimate of drug-likeness (QED) is 0.534. The molecule has 2 heterocycles. The van der Waals surface area contributed by atoms with E-state index in [-0.39, 0.29) is 11.8 Å². The molecule has 0 aromatic rings. The van der Waals surface area contributed by atoms with Crippen LogP contribution < -0.4 is 10.6 Å². The van der Waals surface area contributed by atoms with Crippen molar-refractivity contribution in [3.05, 3.63) is 0 Å². The lowest BCUT2D eigenvalue weighted by Crippen LogP contribution is -2.46. The maximum Gasteiger partial charge on any atom is 0.401 e. The predicted molar refractivity (Wildman–Crippen MR) is 99.6 cm³/mol. The molecule has 27 heavy (non-hydrogen) atoms. The summed E-state index contributed by atoms with van der Waals surface area (Å²) in [6.45, 7) is 5.12. The minimum absolute atomic E-state index is 0.0821. The molecule has 1 unspecified atom stereocenters. The minimum Gasteiger partial charge on any atom is -0.359 e. The Balaban J connectivity index is 1.82. The van der Waals surface area contributed by atoms with Crippen molar-refractivity contribution < 1.29 is 18.0 Å². The third-order valence-electron chi connectivity index (χ3n) is 5.27. The Morgan fingerprint density at radius 2 is 1.81 bits per heavy atom. The number of alkyl halides is 3. The summed E-state index contributed by atoms with van der Waals surface area (Å²) < 4.78 is 37.5. The van der Waals surface area contributed by atoms with Gasteiger partial charge in [-0.25, -0.2) is 0 Å². The standard InChI is InChI=1S/C18H32F3N5O/c1-3-23-17(26-8-5-14(6-9-26)10-16(27)22-2)24-11-15-4-7-25(12-15)13-18(19,20)21/h14-15H,3-13H2,1-2H3,(H,22,27)(H,23,24). The van der Waals surface area contributed by atoms with E-state index in [4.69, 9.17) is 4.99 Å². The lowest BCUT2D eigenvalue weighted by molar-refractivity contribution is -0.143. The van der Waals surface area contributed by atoms with Gasteiger partial charge >= 0.3 is 6.18 Å². The monoisotopic (exact) mass is 391 g/mol. The van der Waals surface area contributed by atoms with E-state index < -0.39 is 12.7 Å². The number of hydrogen-bond acceptors (Lipinski definition) is 3. The van der Waals surface area contributed by atoms with Crippen molar-refractivity contribution in [1.29, 1.82) is 0 Å². The van der Waals surface area contributed by atoms with E-state index in [1.807, 2.05) is 6.92 Å². The lowest BCUT2D eigenvalue weighted by atomic mass is 9.93. The Morgan fingerprint density at radius 1 is 1.15 bits per heavy atom. The van der Waals surface area contributed by atoms with Crippen molar-refractivity contribution in [3.8, 4) is 0 Å². The first-order valence-electron chi connectivity index (χ1n) is 9.83. The highest BCUT2D eigenvalue weighted by Crippen LogP contribution is 2.23. The van der Waals surface area contributed by atoms with Crippen molar-refractivity contribution in [2.45, 2.75) is 38.8 Å². The fourth-order valence-corrected chi connectivity index (χ4v) is 3.81. The maximum atomic E-state index is 12.5. The summed E-state index contributed by atoms with van der Waals surface area (Å²) >= 11 is 0. The lowest BCUT2D eigenvalue weighted by Gasteiger charge is -2.34. The van der Waals surface area contributed by atoms with Gasteiger partial charge in [-0.3, -0.25) is 14.7 Å². The van der Waals surface area contributed by atoms with Crippen LogP contribution in [0.5, 0.6) is 0 Å². The number of amides is 1. The van der Waals surface area contributed by atoms with Gasteiger partial charge in [0.25, 0.3) is 0 Å². The number of guanidine groups is 1. The second-order valence-corrected chi connectivity index (χ2v) is 7.51. The maximum absolute atomic E-state index is 12.5. The summed E-state index contributed by atoms with van der Waals surface area (Å²) in [5.41, 5.74) is 0. The van der Waals surface area contributed by atoms with E-state index in [2.05, 4.69) is 15.5 Å². The molecule has 2 N–H and O–H groups in total. The van der Waals surface area contributed by atoms with Crippen LogP contribution >= 0.6 is 0 Å². The number of halogens is 3. The molecule has 1 amide bonds. The zero-order valence-electron chi connectivity index (χ0n) is 16.3. The molecule has 0 bridgehead atoms. The number of aliphatic imine (C=N–C) groups is 1. The van der Waals surface area contributed by atoms with Gasteiger partial charge in [0.2, 0.25) is 5.91 Å². The number of carbonyl (C=O) groups is 1. The van der Waals surface area contributed by atoms with E-state index in [1.165, 1.54) is 4.90 Å². The van der Waals surface area contributed by atoms with E-state index in [0.717, 1.165) is 44.9 Å². The zero-order valence-corrected chi connectivity index (χ0v) is 16.3. The predicted octanol–water partition coefficient (Wildman–Crippen LogP) is 1.68. The van der Waals surface area contributed by atoms with E-state index in [0.29, 0.717) is 32.0 Å². The number of piperidine rings is 1. The molecule has 0 aliphatic carbocycles. The molecule has 2 fully saturated rings. The summed E-state index contributed by atoms with van der Waals surface area (Å²) in [5.74, 6) is 1.49. The number of nitrogens with one attached hydrogen (secondary N) is 2. The molecule has 2 aliphatic rings. The first kappa shape index (κ1) is 21.8. The molecule has 6 nitrogen and oxygen atoms in total. The summed E-state index contributed by atoms with van der Waals surface area (Å²) in [6.07, 6.45) is -0.921. The number of hydrogen-bond donors (Lipinski definition) is 2. The molecule has 2 saturated heterocycles. The van der Waals surface area contributed by atoms with Crippen LogP contribution in [0.25, 0.3) is 0 Å². The summed E-state index contributed by atoms with van der Waals surface area (Å²) in [5, 5.41) is 5.97. The smallest absolute Gasteiger partial charge is 0.359 e. The molecule has 1 atom stereocenters. The van der Waals surface area contributed by atoms with Crippen LogP contribution in [0.2, 0.25) is 0 Å². The molecule has 0 radical (unpaired) electrons. The number of rotatable bonds is 6. The molecule has 0 spiro atoms. The molecule has 2 rings (SSSR count). The van der Waals surface area contributed by atoms with E-state index in [9.17, 15) is 18.0 Å². The zero-order chi connectivity index (χ0) is 19.9. The molecular weight excluding hydrogens is 359 g/mol. The van der Waals surface area contributed by atoms with E-state index in [1.54, 1.807) is 7.05 Å². The summed E-state index contributed by atoms with van der Waals surface area (Å²) in [6, 6.07) is 0. The fourth-order valence-electron chi connectivity index (χ4n) is 3.81. The van der Waals surface area contributed by atoms with Crippen LogP contribution in [0.4, 0.5) is 13.2 Å². The van der Waals surface area contributed by atoms with Gasteiger partial charge in [0.15, 0.2) is 5.96 Å². The highest BCUT2D eigenvalue weighted by Gasteiger charge is 2.34. The average Bonchev–Trinajstić information content (AvgIpc) is 3.04. The average molecular weight is 391 g/mol. The fraction of sp³-hybridized carbons (Fsp3) is 0.889. The van der Waals surface area contributed by atoms with Crippen molar-refractivity contribution >= 4 is 11.9 Å². The van der Waals surface area contributed by atoms with Crippen LogP contribution in [-0.2, 0) is 4.79 Å². The van der Waals surface area contributed by atoms with Gasteiger partial charge in [0.1, 0.15) is 0 Å². The highest BCUT2D eigenvalue weighted by atomic mass is 19.4. The molecule has 0 saturated carbocycles.